The van der Waals surface area contributed by atoms with Crippen LogP contribution in [0.15, 0.2) is 12.5 Å². The average Bonchev–Trinajstić information content (AvgIpc) is 2.96. The van der Waals surface area contributed by atoms with Crippen molar-refractivity contribution in [2.24, 2.45) is 11.5 Å². The van der Waals surface area contributed by atoms with E-state index in [1.54, 1.807) is 0 Å². The van der Waals surface area contributed by atoms with E-state index < -0.39 is 42.3 Å². The molecular weight excluding hydrogens is 308 g/mol. The quantitative estimate of drug-likeness (QED) is 0.275. The molecule has 23 heavy (non-hydrogen) atoms. The van der Waals surface area contributed by atoms with Crippen LogP contribution in [0.1, 0.15) is 12.1 Å². The van der Waals surface area contributed by atoms with Gasteiger partial charge in [-0.3, -0.25) is 19.2 Å². The normalized spacial score (nSPS) is 12.9. The number of aliphatic carboxylic acids is 1. The smallest absolute Gasteiger partial charge is 0.322 e. The van der Waals surface area contributed by atoms with Crippen molar-refractivity contribution in [1.29, 1.82) is 0 Å². The summed E-state index contributed by atoms with van der Waals surface area (Å²) in [6.07, 6.45) is 2.51. The van der Waals surface area contributed by atoms with Gasteiger partial charge in [-0.1, -0.05) is 0 Å². The SMILES string of the molecule is NC(=O)CC(N)C(=O)NC(Cc1cnc[nH]1)C(=O)NCC(=O)O. The van der Waals surface area contributed by atoms with Gasteiger partial charge in [-0.25, -0.2) is 4.98 Å². The first kappa shape index (κ1) is 18.1. The first-order chi connectivity index (χ1) is 10.8. The Hall–Kier alpha value is -2.95. The molecule has 0 saturated carbocycles. The third-order valence-corrected chi connectivity index (χ3v) is 2.78. The first-order valence-electron chi connectivity index (χ1n) is 6.60. The van der Waals surface area contributed by atoms with Crippen LogP contribution in [0.2, 0.25) is 0 Å². The van der Waals surface area contributed by atoms with Crippen LogP contribution < -0.4 is 22.1 Å². The topological polar surface area (TPSA) is 193 Å². The first-order valence-corrected chi connectivity index (χ1v) is 6.60. The number of aromatic amines is 1. The van der Waals surface area contributed by atoms with Crippen molar-refractivity contribution >= 4 is 23.7 Å². The summed E-state index contributed by atoms with van der Waals surface area (Å²) in [6, 6.07) is -2.29. The number of hydrogen-bond donors (Lipinski definition) is 6. The van der Waals surface area contributed by atoms with Gasteiger partial charge in [-0.2, -0.15) is 0 Å². The van der Waals surface area contributed by atoms with Crippen LogP contribution >= 0.6 is 0 Å². The third kappa shape index (κ3) is 6.56. The summed E-state index contributed by atoms with van der Waals surface area (Å²) in [6.45, 7) is -0.596. The number of carboxylic acids is 1. The molecule has 1 aromatic heterocycles. The maximum atomic E-state index is 12.0. The number of rotatable bonds is 9. The number of imidazole rings is 1. The molecule has 1 heterocycles. The molecule has 0 fully saturated rings. The number of hydrogen-bond acceptors (Lipinski definition) is 6. The minimum absolute atomic E-state index is 0.0421. The predicted octanol–water partition coefficient (Wildman–Crippen LogP) is -3.16. The summed E-state index contributed by atoms with van der Waals surface area (Å²) in [4.78, 5) is 51.7. The minimum Gasteiger partial charge on any atom is -0.480 e. The van der Waals surface area contributed by atoms with E-state index in [9.17, 15) is 19.2 Å². The molecule has 11 nitrogen and oxygen atoms in total. The molecule has 0 radical (unpaired) electrons. The van der Waals surface area contributed by atoms with Crippen molar-refractivity contribution < 1.29 is 24.3 Å². The molecule has 0 aliphatic heterocycles. The highest BCUT2D eigenvalue weighted by Crippen LogP contribution is 2.00. The van der Waals surface area contributed by atoms with Gasteiger partial charge in [0.2, 0.25) is 17.7 Å². The highest BCUT2D eigenvalue weighted by molar-refractivity contribution is 5.92. The largest absolute Gasteiger partial charge is 0.480 e. The molecule has 1 rings (SSSR count). The van der Waals surface area contributed by atoms with E-state index in [4.69, 9.17) is 16.6 Å². The number of primary amides is 1. The Morgan fingerprint density at radius 3 is 2.52 bits per heavy atom. The molecule has 0 aliphatic rings. The highest BCUT2D eigenvalue weighted by atomic mass is 16.4. The molecule has 0 aromatic carbocycles. The van der Waals surface area contributed by atoms with Gasteiger partial charge in [-0.05, 0) is 0 Å². The summed E-state index contributed by atoms with van der Waals surface area (Å²) in [5, 5.41) is 13.1. The molecule has 126 valence electrons. The molecule has 11 heteroatoms. The number of carbonyl (C=O) groups is 4. The van der Waals surface area contributed by atoms with E-state index in [1.165, 1.54) is 12.5 Å². The molecule has 3 amide bonds. The van der Waals surface area contributed by atoms with Crippen molar-refractivity contribution in [3.05, 3.63) is 18.2 Å². The maximum absolute atomic E-state index is 12.0. The Labute approximate surface area is 130 Å². The summed E-state index contributed by atoms with van der Waals surface area (Å²) < 4.78 is 0. The van der Waals surface area contributed by atoms with Gasteiger partial charge in [0, 0.05) is 18.3 Å². The van der Waals surface area contributed by atoms with Crippen LogP contribution in [0.25, 0.3) is 0 Å². The van der Waals surface area contributed by atoms with Gasteiger partial charge in [0.1, 0.15) is 12.6 Å². The van der Waals surface area contributed by atoms with Crippen LogP contribution in [-0.2, 0) is 25.6 Å². The zero-order valence-electron chi connectivity index (χ0n) is 12.1. The van der Waals surface area contributed by atoms with Gasteiger partial charge >= 0.3 is 5.97 Å². The molecule has 0 aliphatic carbocycles. The lowest BCUT2D eigenvalue weighted by Crippen LogP contribution is -2.53. The van der Waals surface area contributed by atoms with Crippen LogP contribution in [0.5, 0.6) is 0 Å². The zero-order valence-corrected chi connectivity index (χ0v) is 12.1. The van der Waals surface area contributed by atoms with Crippen molar-refractivity contribution in [1.82, 2.24) is 20.6 Å². The summed E-state index contributed by atoms with van der Waals surface area (Å²) in [5.41, 5.74) is 11.0. The van der Waals surface area contributed by atoms with Crippen molar-refractivity contribution in [3.8, 4) is 0 Å². The summed E-state index contributed by atoms with van der Waals surface area (Å²) in [7, 11) is 0. The van der Waals surface area contributed by atoms with E-state index in [0.29, 0.717) is 5.69 Å². The number of nitrogens with one attached hydrogen (secondary N) is 3. The van der Waals surface area contributed by atoms with Crippen LogP contribution in [0.3, 0.4) is 0 Å². The van der Waals surface area contributed by atoms with Crippen LogP contribution in [0, 0.1) is 0 Å². The van der Waals surface area contributed by atoms with Gasteiger partial charge < -0.3 is 32.2 Å². The Kier molecular flexibility index (Phi) is 6.68. The fourth-order valence-electron chi connectivity index (χ4n) is 1.70. The fraction of sp³-hybridized carbons (Fsp3) is 0.417. The van der Waals surface area contributed by atoms with E-state index in [2.05, 4.69) is 20.6 Å². The molecule has 2 unspecified atom stereocenters. The number of H-pyrrole nitrogens is 1. The van der Waals surface area contributed by atoms with E-state index in [1.807, 2.05) is 0 Å². The number of aromatic nitrogens is 2. The van der Waals surface area contributed by atoms with Gasteiger partial charge in [0.25, 0.3) is 0 Å². The predicted molar refractivity (Wildman–Crippen MR) is 76.7 cm³/mol. The van der Waals surface area contributed by atoms with E-state index >= 15 is 0 Å². The Morgan fingerprint density at radius 1 is 1.30 bits per heavy atom. The standard InChI is InChI=1S/C12H18N6O5/c13-7(2-9(14)19)11(22)18-8(1-6-3-15-5-17-6)12(23)16-4-10(20)21/h3,5,7-8H,1-2,4,13H2,(H2,14,19)(H,15,17)(H,16,23)(H,18,22)(H,20,21). The third-order valence-electron chi connectivity index (χ3n) is 2.78. The molecule has 8 N–H and O–H groups in total. The lowest BCUT2D eigenvalue weighted by Gasteiger charge is -2.19. The second-order valence-electron chi connectivity index (χ2n) is 4.73. The van der Waals surface area contributed by atoms with E-state index in [-0.39, 0.29) is 12.8 Å². The molecule has 0 bridgehead atoms. The van der Waals surface area contributed by atoms with E-state index in [0.717, 1.165) is 0 Å². The summed E-state index contributed by atoms with van der Waals surface area (Å²) in [5.74, 6) is -3.44. The number of carboxylic acid groups (broad SMARTS) is 1. The number of nitrogens with two attached hydrogens (primary N) is 2. The number of amides is 3. The zero-order chi connectivity index (χ0) is 17.4. The Bertz CT molecular complexity index is 573. The molecule has 0 spiro atoms. The Balaban J connectivity index is 2.73. The minimum atomic E-state index is -1.23. The molecule has 1 aromatic rings. The summed E-state index contributed by atoms with van der Waals surface area (Å²) >= 11 is 0. The lowest BCUT2D eigenvalue weighted by atomic mass is 10.1. The monoisotopic (exact) mass is 326 g/mol. The lowest BCUT2D eigenvalue weighted by molar-refractivity contribution is -0.138. The van der Waals surface area contributed by atoms with Crippen LogP contribution in [0.4, 0.5) is 0 Å². The Morgan fingerprint density at radius 2 is 2.00 bits per heavy atom. The van der Waals surface area contributed by atoms with Crippen molar-refractivity contribution in [2.75, 3.05) is 6.54 Å². The second kappa shape index (κ2) is 8.48. The van der Waals surface area contributed by atoms with Crippen molar-refractivity contribution in [3.63, 3.8) is 0 Å². The second-order valence-corrected chi connectivity index (χ2v) is 4.73. The van der Waals surface area contributed by atoms with Crippen LogP contribution in [-0.4, -0.2) is 57.4 Å². The average molecular weight is 326 g/mol. The fourth-order valence-corrected chi connectivity index (χ4v) is 1.70. The number of nitrogens with zero attached hydrogens (tertiary/aromatic N) is 1. The maximum Gasteiger partial charge on any atom is 0.322 e. The number of carbonyl (C=O) groups excluding carboxylic acids is 3. The molecule has 2 atom stereocenters. The highest BCUT2D eigenvalue weighted by Gasteiger charge is 2.25. The molecule has 0 saturated heterocycles. The van der Waals surface area contributed by atoms with Gasteiger partial charge in [0.15, 0.2) is 0 Å². The van der Waals surface area contributed by atoms with Gasteiger partial charge in [-0.15, -0.1) is 0 Å². The molecular formula is C12H18N6O5. The van der Waals surface area contributed by atoms with Crippen molar-refractivity contribution in [2.45, 2.75) is 24.9 Å². The van der Waals surface area contributed by atoms with Gasteiger partial charge in [0.05, 0.1) is 18.8 Å².